The van der Waals surface area contributed by atoms with Crippen LogP contribution in [-0.2, 0) is 19.3 Å². The number of carbonyl (C=O) groups is 1. The molecule has 0 aliphatic carbocycles. The molecule has 0 spiro atoms. The Morgan fingerprint density at radius 3 is 2.81 bits per heavy atom. The minimum Gasteiger partial charge on any atom is -0.397 e. The third-order valence-corrected chi connectivity index (χ3v) is 5.04. The zero-order chi connectivity index (χ0) is 19.1. The van der Waals surface area contributed by atoms with Crippen LogP contribution < -0.4 is 10.1 Å². The summed E-state index contributed by atoms with van der Waals surface area (Å²) in [6, 6.07) is 0. The second-order valence-electron chi connectivity index (χ2n) is 6.37. The number of hydrogen-bond donors (Lipinski definition) is 2. The molecule has 0 aliphatic rings. The third kappa shape index (κ3) is 5.81. The number of rotatable bonds is 9. The van der Waals surface area contributed by atoms with Gasteiger partial charge in [0.1, 0.15) is 5.76 Å². The van der Waals surface area contributed by atoms with Crippen molar-refractivity contribution >= 4 is 17.4 Å². The summed E-state index contributed by atoms with van der Waals surface area (Å²) >= 11 is 1.37. The smallest absolute Gasteiger partial charge is 0.397 e. The van der Waals surface area contributed by atoms with Gasteiger partial charge in [-0.25, -0.2) is 9.78 Å². The molecule has 7 nitrogen and oxygen atoms in total. The van der Waals surface area contributed by atoms with Crippen molar-refractivity contribution in [1.82, 2.24) is 15.5 Å². The van der Waals surface area contributed by atoms with Crippen molar-refractivity contribution in [3.63, 3.8) is 0 Å². The Balaban J connectivity index is 1.95. The summed E-state index contributed by atoms with van der Waals surface area (Å²) in [6.45, 7) is 7.65. The second kappa shape index (κ2) is 9.68. The molecule has 26 heavy (non-hydrogen) atoms. The van der Waals surface area contributed by atoms with Gasteiger partial charge in [0.05, 0.1) is 22.5 Å². The lowest BCUT2D eigenvalue weighted by Crippen LogP contribution is -2.32. The van der Waals surface area contributed by atoms with E-state index in [1.165, 1.54) is 11.3 Å². The number of carbonyl (C=O) groups excluding carboxylic acids is 1. The number of aryl methyl sites for hydroxylation is 4. The van der Waals surface area contributed by atoms with E-state index < -0.39 is 12.2 Å². The van der Waals surface area contributed by atoms with Crippen LogP contribution in [-0.4, -0.2) is 34.0 Å². The second-order valence-corrected chi connectivity index (χ2v) is 7.41. The SMILES string of the molecule is CCCCc1noc(C)c1CCc1nc(C)c(OC(=O)NCC(C)O)s1. The van der Waals surface area contributed by atoms with Crippen LogP contribution >= 0.6 is 11.3 Å². The fraction of sp³-hybridized carbons (Fsp3) is 0.611. The number of ether oxygens (including phenoxy) is 1. The van der Waals surface area contributed by atoms with Gasteiger partial charge < -0.3 is 19.7 Å². The number of hydrogen-bond acceptors (Lipinski definition) is 7. The van der Waals surface area contributed by atoms with Crippen molar-refractivity contribution in [3.05, 3.63) is 27.7 Å². The van der Waals surface area contributed by atoms with Crippen LogP contribution in [0.5, 0.6) is 5.06 Å². The van der Waals surface area contributed by atoms with Gasteiger partial charge in [0.2, 0.25) is 5.06 Å². The molecule has 2 rings (SSSR count). The number of amides is 1. The van der Waals surface area contributed by atoms with Crippen LogP contribution in [0.1, 0.15) is 54.4 Å². The van der Waals surface area contributed by atoms with Crippen LogP contribution in [0, 0.1) is 13.8 Å². The zero-order valence-corrected chi connectivity index (χ0v) is 16.6. The minimum atomic E-state index is -0.616. The molecule has 1 amide bonds. The molecule has 2 heterocycles. The summed E-state index contributed by atoms with van der Waals surface area (Å²) in [4.78, 5) is 16.2. The number of thiazole rings is 1. The monoisotopic (exact) mass is 381 g/mol. The Kier molecular flexibility index (Phi) is 7.59. The highest BCUT2D eigenvalue weighted by atomic mass is 32.1. The fourth-order valence-corrected chi connectivity index (χ4v) is 3.43. The van der Waals surface area contributed by atoms with E-state index in [1.54, 1.807) is 6.92 Å². The lowest BCUT2D eigenvalue weighted by molar-refractivity contribution is 0.172. The number of aromatic nitrogens is 2. The highest BCUT2D eigenvalue weighted by Crippen LogP contribution is 2.28. The van der Waals surface area contributed by atoms with E-state index in [4.69, 9.17) is 9.26 Å². The molecule has 1 unspecified atom stereocenters. The third-order valence-electron chi connectivity index (χ3n) is 3.95. The Bertz CT molecular complexity index is 724. The van der Waals surface area contributed by atoms with Gasteiger partial charge in [-0.2, -0.15) is 0 Å². The zero-order valence-electron chi connectivity index (χ0n) is 15.8. The molecule has 0 aliphatic heterocycles. The molecule has 2 aromatic heterocycles. The first-order valence-electron chi connectivity index (χ1n) is 8.94. The molecule has 1 atom stereocenters. The van der Waals surface area contributed by atoms with Crippen molar-refractivity contribution in [2.75, 3.05) is 6.54 Å². The molecule has 0 aromatic carbocycles. The van der Waals surface area contributed by atoms with Crippen LogP contribution in [0.4, 0.5) is 4.79 Å². The molecule has 0 fully saturated rings. The van der Waals surface area contributed by atoms with Crippen molar-refractivity contribution in [2.24, 2.45) is 0 Å². The van der Waals surface area contributed by atoms with Crippen LogP contribution in [0.15, 0.2) is 4.52 Å². The summed E-state index contributed by atoms with van der Waals surface area (Å²) in [7, 11) is 0. The van der Waals surface area contributed by atoms with E-state index in [0.29, 0.717) is 10.8 Å². The lowest BCUT2D eigenvalue weighted by Gasteiger charge is -2.06. The largest absolute Gasteiger partial charge is 0.413 e. The standard InChI is InChI=1S/C18H27N3O4S/c1-5-6-7-15-14(13(4)25-21-15)8-9-16-20-12(3)17(26-16)24-18(23)19-10-11(2)22/h11,22H,5-10H2,1-4H3,(H,19,23). The number of nitrogens with one attached hydrogen (secondary N) is 1. The molecular weight excluding hydrogens is 354 g/mol. The molecule has 0 saturated carbocycles. The van der Waals surface area contributed by atoms with Gasteiger partial charge in [0, 0.05) is 18.5 Å². The van der Waals surface area contributed by atoms with E-state index in [2.05, 4.69) is 22.4 Å². The highest BCUT2D eigenvalue weighted by Gasteiger charge is 2.16. The molecule has 8 heteroatoms. The quantitative estimate of drug-likeness (QED) is 0.691. The minimum absolute atomic E-state index is 0.150. The van der Waals surface area contributed by atoms with Crippen LogP contribution in [0.25, 0.3) is 0 Å². The molecule has 0 bridgehead atoms. The molecule has 2 N–H and O–H groups in total. The molecule has 0 saturated heterocycles. The topological polar surface area (TPSA) is 97.5 Å². The average molecular weight is 381 g/mol. The van der Waals surface area contributed by atoms with E-state index >= 15 is 0 Å². The molecule has 0 radical (unpaired) electrons. The number of aliphatic hydroxyl groups excluding tert-OH is 1. The summed E-state index contributed by atoms with van der Waals surface area (Å²) in [5, 5.41) is 17.3. The summed E-state index contributed by atoms with van der Waals surface area (Å²) in [5.74, 6) is 0.860. The predicted octanol–water partition coefficient (Wildman–Crippen LogP) is 3.34. The average Bonchev–Trinajstić information content (AvgIpc) is 3.11. The van der Waals surface area contributed by atoms with Crippen molar-refractivity contribution < 1.29 is 19.2 Å². The Morgan fingerprint density at radius 2 is 2.12 bits per heavy atom. The van der Waals surface area contributed by atoms with Gasteiger partial charge in [-0.05, 0) is 40.0 Å². The molecule has 2 aromatic rings. The normalized spacial score (nSPS) is 12.2. The summed E-state index contributed by atoms with van der Waals surface area (Å²) in [6.07, 6.45) is 3.48. The number of aliphatic hydroxyl groups is 1. The van der Waals surface area contributed by atoms with Crippen LogP contribution in [0.2, 0.25) is 0 Å². The van der Waals surface area contributed by atoms with Gasteiger partial charge in [-0.15, -0.1) is 0 Å². The first-order valence-corrected chi connectivity index (χ1v) is 9.76. The Labute approximate surface area is 157 Å². The van der Waals surface area contributed by atoms with Gasteiger partial charge in [0.25, 0.3) is 0 Å². The first kappa shape index (κ1) is 20.4. The van der Waals surface area contributed by atoms with E-state index in [9.17, 15) is 9.90 Å². The number of nitrogens with zero attached hydrogens (tertiary/aromatic N) is 2. The summed E-state index contributed by atoms with van der Waals surface area (Å²) < 4.78 is 10.6. The highest BCUT2D eigenvalue weighted by molar-refractivity contribution is 7.13. The maximum Gasteiger partial charge on any atom is 0.413 e. The van der Waals surface area contributed by atoms with Gasteiger partial charge in [-0.3, -0.25) is 0 Å². The molecular formula is C18H27N3O4S. The molecule has 144 valence electrons. The van der Waals surface area contributed by atoms with Gasteiger partial charge >= 0.3 is 6.09 Å². The maximum absolute atomic E-state index is 11.7. The lowest BCUT2D eigenvalue weighted by atomic mass is 10.0. The number of unbranched alkanes of at least 4 members (excludes halogenated alkanes) is 1. The predicted molar refractivity (Wildman–Crippen MR) is 99.8 cm³/mol. The fourth-order valence-electron chi connectivity index (χ4n) is 2.52. The van der Waals surface area contributed by atoms with E-state index in [1.807, 2.05) is 13.8 Å². The maximum atomic E-state index is 11.7. The first-order chi connectivity index (χ1) is 12.4. The summed E-state index contributed by atoms with van der Waals surface area (Å²) in [5.41, 5.74) is 2.88. The van der Waals surface area contributed by atoms with E-state index in [-0.39, 0.29) is 6.54 Å². The van der Waals surface area contributed by atoms with Gasteiger partial charge in [0.15, 0.2) is 0 Å². The van der Waals surface area contributed by atoms with Crippen molar-refractivity contribution in [1.29, 1.82) is 0 Å². The Hall–Kier alpha value is -1.93. The Morgan fingerprint density at radius 1 is 1.35 bits per heavy atom. The van der Waals surface area contributed by atoms with Gasteiger partial charge in [-0.1, -0.05) is 29.8 Å². The van der Waals surface area contributed by atoms with Crippen LogP contribution in [0.3, 0.4) is 0 Å². The van der Waals surface area contributed by atoms with E-state index in [0.717, 1.165) is 54.1 Å². The van der Waals surface area contributed by atoms with Crippen molar-refractivity contribution in [2.45, 2.75) is 65.9 Å². The van der Waals surface area contributed by atoms with Crippen molar-refractivity contribution in [3.8, 4) is 5.06 Å².